The Kier molecular flexibility index (Phi) is 5.79. The van der Waals surface area contributed by atoms with E-state index in [1.54, 1.807) is 23.1 Å². The van der Waals surface area contributed by atoms with Crippen LogP contribution in [0.1, 0.15) is 13.8 Å². The van der Waals surface area contributed by atoms with Crippen molar-refractivity contribution in [3.63, 3.8) is 0 Å². The van der Waals surface area contributed by atoms with Gasteiger partial charge in [-0.25, -0.2) is 4.68 Å². The van der Waals surface area contributed by atoms with Crippen LogP contribution in [0.3, 0.4) is 0 Å². The largest absolute Gasteiger partial charge is 0.491 e. The van der Waals surface area contributed by atoms with Gasteiger partial charge in [0.25, 0.3) is 5.56 Å². The number of hydrogen-bond acceptors (Lipinski definition) is 7. The molecule has 1 aromatic carbocycles. The molecule has 0 radical (unpaired) electrons. The minimum absolute atomic E-state index is 0.0754. The molecule has 34 heavy (non-hydrogen) atoms. The third-order valence-electron chi connectivity index (χ3n) is 6.05. The number of benzene rings is 1. The van der Waals surface area contributed by atoms with Crippen LogP contribution in [0.5, 0.6) is 5.75 Å². The Balaban J connectivity index is 1.31. The molecule has 0 amide bonds. The zero-order chi connectivity index (χ0) is 23.7. The zero-order valence-electron chi connectivity index (χ0n) is 19.7. The summed E-state index contributed by atoms with van der Waals surface area (Å²) in [6, 6.07) is 11.4. The highest BCUT2D eigenvalue weighted by atomic mass is 16.5. The molecular weight excluding hydrogens is 430 g/mol. The van der Waals surface area contributed by atoms with Crippen molar-refractivity contribution in [1.29, 1.82) is 0 Å². The summed E-state index contributed by atoms with van der Waals surface area (Å²) in [5.41, 5.74) is 3.52. The fourth-order valence-electron chi connectivity index (χ4n) is 4.35. The number of ether oxygens (including phenoxy) is 1. The van der Waals surface area contributed by atoms with Gasteiger partial charge in [-0.15, -0.1) is 0 Å². The van der Waals surface area contributed by atoms with E-state index in [-0.39, 0.29) is 11.1 Å². The summed E-state index contributed by atoms with van der Waals surface area (Å²) in [7, 11) is 1.85. The number of anilines is 1. The monoisotopic (exact) mass is 459 g/mol. The SMILES string of the molecule is Cn1cc(-c2ccc(=O)n(CCOc3ccnc4cc(N5CCNC(C)(C)C5)ccc34)n2)cn1. The number of aryl methyl sites for hydroxylation is 1. The second-order valence-corrected chi connectivity index (χ2v) is 9.27. The van der Waals surface area contributed by atoms with Crippen LogP contribution in [0.15, 0.2) is 59.8 Å². The molecule has 3 aromatic heterocycles. The predicted molar refractivity (Wildman–Crippen MR) is 132 cm³/mol. The molecular formula is C25H29N7O2. The summed E-state index contributed by atoms with van der Waals surface area (Å²) in [5, 5.41) is 13.1. The molecule has 0 saturated carbocycles. The molecule has 0 spiro atoms. The van der Waals surface area contributed by atoms with E-state index in [0.717, 1.165) is 47.5 Å². The molecule has 0 unspecified atom stereocenters. The lowest BCUT2D eigenvalue weighted by Crippen LogP contribution is -2.57. The molecule has 1 aliphatic rings. The zero-order valence-corrected chi connectivity index (χ0v) is 19.7. The third kappa shape index (κ3) is 4.65. The summed E-state index contributed by atoms with van der Waals surface area (Å²) >= 11 is 0. The van der Waals surface area contributed by atoms with Gasteiger partial charge in [-0.3, -0.25) is 14.5 Å². The first-order chi connectivity index (χ1) is 16.4. The summed E-state index contributed by atoms with van der Waals surface area (Å²) < 4.78 is 9.20. The fourth-order valence-corrected chi connectivity index (χ4v) is 4.35. The van der Waals surface area contributed by atoms with Gasteiger partial charge in [0.15, 0.2) is 0 Å². The van der Waals surface area contributed by atoms with Crippen LogP contribution in [0.2, 0.25) is 0 Å². The molecule has 5 rings (SSSR count). The Hall–Kier alpha value is -3.72. The first kappa shape index (κ1) is 22.1. The van der Waals surface area contributed by atoms with Crippen molar-refractivity contribution >= 4 is 16.6 Å². The van der Waals surface area contributed by atoms with E-state index in [1.807, 2.05) is 19.3 Å². The number of nitrogens with one attached hydrogen (secondary N) is 1. The summed E-state index contributed by atoms with van der Waals surface area (Å²) in [4.78, 5) is 19.3. The van der Waals surface area contributed by atoms with Crippen molar-refractivity contribution in [1.82, 2.24) is 29.9 Å². The lowest BCUT2D eigenvalue weighted by molar-refractivity contribution is 0.291. The fraction of sp³-hybridized carbons (Fsp3) is 0.360. The molecule has 0 atom stereocenters. The molecule has 176 valence electrons. The second kappa shape index (κ2) is 8.90. The van der Waals surface area contributed by atoms with Crippen LogP contribution >= 0.6 is 0 Å². The smallest absolute Gasteiger partial charge is 0.266 e. The standard InChI is InChI=1S/C25H29N7O2/c1-25(2)17-31(11-10-27-25)19-4-5-20-22(14-19)26-9-8-23(20)34-13-12-32-24(33)7-6-21(29-32)18-15-28-30(3)16-18/h4-9,14-16,27H,10-13,17H2,1-3H3. The highest BCUT2D eigenvalue weighted by Gasteiger charge is 2.26. The van der Waals surface area contributed by atoms with Crippen LogP contribution in [-0.4, -0.2) is 56.3 Å². The highest BCUT2D eigenvalue weighted by molar-refractivity contribution is 5.87. The molecule has 0 aliphatic carbocycles. The van der Waals surface area contributed by atoms with Crippen LogP contribution in [0, 0.1) is 0 Å². The van der Waals surface area contributed by atoms with Gasteiger partial charge in [-0.05, 0) is 44.2 Å². The number of aromatic nitrogens is 5. The van der Waals surface area contributed by atoms with Crippen LogP contribution in [-0.2, 0) is 13.6 Å². The average molecular weight is 460 g/mol. The van der Waals surface area contributed by atoms with E-state index >= 15 is 0 Å². The van der Waals surface area contributed by atoms with Crippen LogP contribution < -0.4 is 20.5 Å². The summed E-state index contributed by atoms with van der Waals surface area (Å²) in [5.74, 6) is 0.744. The number of nitrogens with zero attached hydrogens (tertiary/aromatic N) is 6. The summed E-state index contributed by atoms with van der Waals surface area (Å²) in [6.45, 7) is 7.95. The van der Waals surface area contributed by atoms with Crippen molar-refractivity contribution in [3.05, 3.63) is 65.3 Å². The minimum atomic E-state index is -0.167. The first-order valence-electron chi connectivity index (χ1n) is 11.5. The van der Waals surface area contributed by atoms with Gasteiger partial charge in [-0.1, -0.05) is 0 Å². The number of fused-ring (bicyclic) bond motifs is 1. The number of hydrogen-bond donors (Lipinski definition) is 1. The third-order valence-corrected chi connectivity index (χ3v) is 6.05. The first-order valence-corrected chi connectivity index (χ1v) is 11.5. The van der Waals surface area contributed by atoms with Crippen LogP contribution in [0.4, 0.5) is 5.69 Å². The second-order valence-electron chi connectivity index (χ2n) is 9.27. The van der Waals surface area contributed by atoms with E-state index in [4.69, 9.17) is 4.74 Å². The molecule has 1 N–H and O–H groups in total. The normalized spacial score (nSPS) is 15.6. The number of pyridine rings is 1. The number of piperazine rings is 1. The number of rotatable bonds is 6. The van der Waals surface area contributed by atoms with Gasteiger partial charge >= 0.3 is 0 Å². The Morgan fingerprint density at radius 2 is 2.06 bits per heavy atom. The molecule has 9 heteroatoms. The van der Waals surface area contributed by atoms with Crippen molar-refractivity contribution in [2.24, 2.45) is 7.05 Å². The minimum Gasteiger partial charge on any atom is -0.491 e. The highest BCUT2D eigenvalue weighted by Crippen LogP contribution is 2.29. The van der Waals surface area contributed by atoms with Crippen LogP contribution in [0.25, 0.3) is 22.2 Å². The molecule has 1 saturated heterocycles. The van der Waals surface area contributed by atoms with Crippen molar-refractivity contribution in [2.75, 3.05) is 31.1 Å². The Labute approximate surface area is 198 Å². The van der Waals surface area contributed by atoms with E-state index in [2.05, 4.69) is 57.4 Å². The van der Waals surface area contributed by atoms with Gasteiger partial charge in [0, 0.05) is 67.3 Å². The van der Waals surface area contributed by atoms with E-state index in [9.17, 15) is 4.79 Å². The quantitative estimate of drug-likeness (QED) is 0.474. The van der Waals surface area contributed by atoms with Crippen molar-refractivity contribution in [2.45, 2.75) is 25.9 Å². The Morgan fingerprint density at radius 1 is 1.18 bits per heavy atom. The maximum atomic E-state index is 12.3. The van der Waals surface area contributed by atoms with E-state index < -0.39 is 0 Å². The van der Waals surface area contributed by atoms with E-state index in [1.165, 1.54) is 10.7 Å². The Morgan fingerprint density at radius 3 is 2.85 bits per heavy atom. The van der Waals surface area contributed by atoms with Gasteiger partial charge in [0.2, 0.25) is 0 Å². The lowest BCUT2D eigenvalue weighted by Gasteiger charge is -2.40. The predicted octanol–water partition coefficient (Wildman–Crippen LogP) is 2.46. The molecule has 4 heterocycles. The lowest BCUT2D eigenvalue weighted by atomic mass is 10.0. The maximum absolute atomic E-state index is 12.3. The molecule has 1 fully saturated rings. The van der Waals surface area contributed by atoms with E-state index in [0.29, 0.717) is 18.8 Å². The molecule has 1 aliphatic heterocycles. The van der Waals surface area contributed by atoms with Gasteiger partial charge in [0.05, 0.1) is 24.0 Å². The van der Waals surface area contributed by atoms with Gasteiger partial charge in [-0.2, -0.15) is 10.2 Å². The van der Waals surface area contributed by atoms with Crippen molar-refractivity contribution < 1.29 is 4.74 Å². The molecule has 9 nitrogen and oxygen atoms in total. The van der Waals surface area contributed by atoms with Gasteiger partial charge < -0.3 is 15.0 Å². The average Bonchev–Trinajstić information content (AvgIpc) is 3.25. The maximum Gasteiger partial charge on any atom is 0.266 e. The topological polar surface area (TPSA) is 90.1 Å². The van der Waals surface area contributed by atoms with Gasteiger partial charge in [0.1, 0.15) is 12.4 Å². The molecule has 0 bridgehead atoms. The molecule has 4 aromatic rings. The Bertz CT molecular complexity index is 1380. The summed E-state index contributed by atoms with van der Waals surface area (Å²) in [6.07, 6.45) is 5.36. The van der Waals surface area contributed by atoms with Crippen molar-refractivity contribution in [3.8, 4) is 17.0 Å².